The Labute approximate surface area is 89.4 Å². The van der Waals surface area contributed by atoms with Crippen molar-refractivity contribution in [3.63, 3.8) is 0 Å². The van der Waals surface area contributed by atoms with Gasteiger partial charge in [0, 0.05) is 0 Å². The van der Waals surface area contributed by atoms with Gasteiger partial charge in [-0.2, -0.15) is 0 Å². The zero-order chi connectivity index (χ0) is 11.4. The van der Waals surface area contributed by atoms with E-state index in [1.807, 2.05) is 26.0 Å². The van der Waals surface area contributed by atoms with Gasteiger partial charge < -0.3 is 10.5 Å². The van der Waals surface area contributed by atoms with Crippen molar-refractivity contribution >= 4 is 17.5 Å². The number of aryl methyl sites for hydroxylation is 2. The minimum Gasteiger partial charge on any atom is -0.450 e. The Morgan fingerprint density at radius 3 is 2.73 bits per heavy atom. The number of anilines is 2. The fourth-order valence-electron chi connectivity index (χ4n) is 1.36. The lowest BCUT2D eigenvalue weighted by atomic mass is 10.1. The SMILES string of the molecule is CCOC(=O)Nc1cc(C)cc(C)c1N. The van der Waals surface area contributed by atoms with Crippen LogP contribution in [0.5, 0.6) is 0 Å². The molecule has 1 amide bonds. The van der Waals surface area contributed by atoms with Crippen molar-refractivity contribution in [1.29, 1.82) is 0 Å². The van der Waals surface area contributed by atoms with Crippen molar-refractivity contribution in [2.45, 2.75) is 20.8 Å². The molecule has 15 heavy (non-hydrogen) atoms. The smallest absolute Gasteiger partial charge is 0.411 e. The van der Waals surface area contributed by atoms with Crippen molar-refractivity contribution in [3.8, 4) is 0 Å². The highest BCUT2D eigenvalue weighted by Crippen LogP contribution is 2.24. The van der Waals surface area contributed by atoms with E-state index in [4.69, 9.17) is 10.5 Å². The Bertz CT molecular complexity index is 375. The van der Waals surface area contributed by atoms with Crippen LogP contribution in [0.15, 0.2) is 12.1 Å². The number of carbonyl (C=O) groups excluding carboxylic acids is 1. The van der Waals surface area contributed by atoms with E-state index in [1.54, 1.807) is 6.92 Å². The number of carbonyl (C=O) groups is 1. The van der Waals surface area contributed by atoms with Gasteiger partial charge in [0.25, 0.3) is 0 Å². The molecule has 0 radical (unpaired) electrons. The molecule has 0 fully saturated rings. The van der Waals surface area contributed by atoms with Crippen molar-refractivity contribution in [2.24, 2.45) is 0 Å². The minimum atomic E-state index is -0.478. The lowest BCUT2D eigenvalue weighted by molar-refractivity contribution is 0.168. The number of ether oxygens (including phenoxy) is 1. The zero-order valence-corrected chi connectivity index (χ0v) is 9.26. The second kappa shape index (κ2) is 4.68. The summed E-state index contributed by atoms with van der Waals surface area (Å²) < 4.78 is 4.77. The Balaban J connectivity index is 2.89. The highest BCUT2D eigenvalue weighted by atomic mass is 16.5. The predicted octanol–water partition coefficient (Wildman–Crippen LogP) is 2.45. The second-order valence-electron chi connectivity index (χ2n) is 3.39. The van der Waals surface area contributed by atoms with Gasteiger partial charge in [-0.1, -0.05) is 6.07 Å². The second-order valence-corrected chi connectivity index (χ2v) is 3.39. The molecule has 0 aromatic heterocycles. The number of benzene rings is 1. The largest absolute Gasteiger partial charge is 0.450 e. The van der Waals surface area contributed by atoms with Crippen LogP contribution in [-0.4, -0.2) is 12.7 Å². The Hall–Kier alpha value is -1.71. The zero-order valence-electron chi connectivity index (χ0n) is 9.26. The third kappa shape index (κ3) is 2.87. The number of nitrogens with two attached hydrogens (primary N) is 1. The maximum atomic E-state index is 11.2. The van der Waals surface area contributed by atoms with Crippen molar-refractivity contribution in [1.82, 2.24) is 0 Å². The summed E-state index contributed by atoms with van der Waals surface area (Å²) in [5.74, 6) is 0. The van der Waals surface area contributed by atoms with Gasteiger partial charge in [0.05, 0.1) is 18.0 Å². The molecule has 0 atom stereocenters. The summed E-state index contributed by atoms with van der Waals surface area (Å²) in [4.78, 5) is 11.2. The topological polar surface area (TPSA) is 64.3 Å². The molecule has 0 aliphatic carbocycles. The summed E-state index contributed by atoms with van der Waals surface area (Å²) >= 11 is 0. The first-order valence-electron chi connectivity index (χ1n) is 4.85. The number of nitrogens with one attached hydrogen (secondary N) is 1. The Kier molecular flexibility index (Phi) is 3.55. The molecular formula is C11H16N2O2. The van der Waals surface area contributed by atoms with Crippen molar-refractivity contribution in [2.75, 3.05) is 17.7 Å². The van der Waals surface area contributed by atoms with E-state index >= 15 is 0 Å². The molecule has 4 heteroatoms. The first-order chi connectivity index (χ1) is 7.04. The van der Waals surface area contributed by atoms with Gasteiger partial charge in [-0.3, -0.25) is 5.32 Å². The van der Waals surface area contributed by atoms with E-state index in [1.165, 1.54) is 0 Å². The van der Waals surface area contributed by atoms with Crippen LogP contribution in [0.4, 0.5) is 16.2 Å². The van der Waals surface area contributed by atoms with Crippen LogP contribution in [0.25, 0.3) is 0 Å². The Morgan fingerprint density at radius 1 is 1.47 bits per heavy atom. The van der Waals surface area contributed by atoms with Gasteiger partial charge in [0.1, 0.15) is 0 Å². The molecule has 3 N–H and O–H groups in total. The molecule has 1 aromatic rings. The fraction of sp³-hybridized carbons (Fsp3) is 0.364. The van der Waals surface area contributed by atoms with Crippen molar-refractivity contribution in [3.05, 3.63) is 23.3 Å². The first kappa shape index (κ1) is 11.4. The maximum Gasteiger partial charge on any atom is 0.411 e. The molecule has 0 aliphatic heterocycles. The highest BCUT2D eigenvalue weighted by molar-refractivity contribution is 5.89. The van der Waals surface area contributed by atoms with E-state index in [2.05, 4.69) is 5.32 Å². The third-order valence-corrected chi connectivity index (χ3v) is 2.04. The quantitative estimate of drug-likeness (QED) is 0.734. The van der Waals surface area contributed by atoms with Crippen LogP contribution in [0, 0.1) is 13.8 Å². The molecule has 0 bridgehead atoms. The molecule has 0 spiro atoms. The van der Waals surface area contributed by atoms with Gasteiger partial charge in [-0.05, 0) is 38.0 Å². The summed E-state index contributed by atoms with van der Waals surface area (Å²) in [6.07, 6.45) is -0.478. The number of rotatable bonds is 2. The normalized spacial score (nSPS) is 9.80. The number of amides is 1. The molecule has 1 aromatic carbocycles. The number of hydrogen-bond donors (Lipinski definition) is 2. The van der Waals surface area contributed by atoms with Crippen LogP contribution in [-0.2, 0) is 4.74 Å². The average molecular weight is 208 g/mol. The average Bonchev–Trinajstić information content (AvgIpc) is 2.13. The minimum absolute atomic E-state index is 0.344. The van der Waals surface area contributed by atoms with Crippen LogP contribution >= 0.6 is 0 Å². The Morgan fingerprint density at radius 2 is 2.13 bits per heavy atom. The first-order valence-corrected chi connectivity index (χ1v) is 4.85. The van der Waals surface area contributed by atoms with Crippen molar-refractivity contribution < 1.29 is 9.53 Å². The molecule has 0 heterocycles. The van der Waals surface area contributed by atoms with E-state index in [9.17, 15) is 4.79 Å². The summed E-state index contributed by atoms with van der Waals surface area (Å²) in [5.41, 5.74) is 9.00. The molecule has 0 unspecified atom stereocenters. The predicted molar refractivity (Wildman–Crippen MR) is 61.0 cm³/mol. The van der Waals surface area contributed by atoms with Gasteiger partial charge in [-0.25, -0.2) is 4.79 Å². The van der Waals surface area contributed by atoms with Crippen LogP contribution < -0.4 is 11.1 Å². The number of nitrogen functional groups attached to an aromatic ring is 1. The van der Waals surface area contributed by atoms with E-state index < -0.39 is 6.09 Å². The third-order valence-electron chi connectivity index (χ3n) is 2.04. The summed E-state index contributed by atoms with van der Waals surface area (Å²) in [7, 11) is 0. The molecule has 4 nitrogen and oxygen atoms in total. The van der Waals surface area contributed by atoms with Gasteiger partial charge >= 0.3 is 6.09 Å². The van der Waals surface area contributed by atoms with E-state index in [0.717, 1.165) is 11.1 Å². The van der Waals surface area contributed by atoms with E-state index in [0.29, 0.717) is 18.0 Å². The summed E-state index contributed by atoms with van der Waals surface area (Å²) in [6, 6.07) is 3.78. The van der Waals surface area contributed by atoms with Crippen LogP contribution in [0.3, 0.4) is 0 Å². The van der Waals surface area contributed by atoms with Crippen LogP contribution in [0.2, 0.25) is 0 Å². The lowest BCUT2D eigenvalue weighted by Crippen LogP contribution is -2.15. The van der Waals surface area contributed by atoms with Crippen LogP contribution in [0.1, 0.15) is 18.1 Å². The van der Waals surface area contributed by atoms with Gasteiger partial charge in [0.2, 0.25) is 0 Å². The molecule has 1 rings (SSSR count). The fourth-order valence-corrected chi connectivity index (χ4v) is 1.36. The van der Waals surface area contributed by atoms with E-state index in [-0.39, 0.29) is 0 Å². The lowest BCUT2D eigenvalue weighted by Gasteiger charge is -2.11. The molecule has 82 valence electrons. The maximum absolute atomic E-state index is 11.2. The molecule has 0 saturated carbocycles. The molecule has 0 aliphatic rings. The molecule has 0 saturated heterocycles. The monoisotopic (exact) mass is 208 g/mol. The molecular weight excluding hydrogens is 192 g/mol. The summed E-state index contributed by atoms with van der Waals surface area (Å²) in [5, 5.41) is 2.61. The van der Waals surface area contributed by atoms with Gasteiger partial charge in [0.15, 0.2) is 0 Å². The standard InChI is InChI=1S/C11H16N2O2/c1-4-15-11(14)13-9-6-7(2)5-8(3)10(9)12/h5-6H,4,12H2,1-3H3,(H,13,14). The number of hydrogen-bond acceptors (Lipinski definition) is 3. The summed E-state index contributed by atoms with van der Waals surface area (Å²) in [6.45, 7) is 5.95. The highest BCUT2D eigenvalue weighted by Gasteiger charge is 2.07. The van der Waals surface area contributed by atoms with Gasteiger partial charge in [-0.15, -0.1) is 0 Å².